The van der Waals surface area contributed by atoms with Crippen LogP contribution in [-0.2, 0) is 0 Å². The molecular weight excluding hydrogens is 300 g/mol. The number of hydrogen-bond donors (Lipinski definition) is 2. The van der Waals surface area contributed by atoms with E-state index in [0.29, 0.717) is 29.2 Å². The Balaban J connectivity index is 2.09. The second kappa shape index (κ2) is 7.67. The van der Waals surface area contributed by atoms with Crippen LogP contribution in [0.15, 0.2) is 36.0 Å². The van der Waals surface area contributed by atoms with Crippen LogP contribution in [0.2, 0.25) is 0 Å². The van der Waals surface area contributed by atoms with Gasteiger partial charge in [-0.3, -0.25) is 14.6 Å². The Labute approximate surface area is 133 Å². The van der Waals surface area contributed by atoms with Gasteiger partial charge in [0.1, 0.15) is 4.88 Å². The number of carbonyl (C=O) groups is 2. The van der Waals surface area contributed by atoms with Gasteiger partial charge >= 0.3 is 0 Å². The Bertz CT molecular complexity index is 642. The molecule has 2 rings (SSSR count). The van der Waals surface area contributed by atoms with Crippen LogP contribution in [0.5, 0.6) is 0 Å². The topological polar surface area (TPSA) is 74.3 Å². The van der Waals surface area contributed by atoms with E-state index in [1.807, 2.05) is 7.05 Å². The monoisotopic (exact) mass is 318 g/mol. The second-order valence-electron chi connectivity index (χ2n) is 4.68. The van der Waals surface area contributed by atoms with E-state index < -0.39 is 0 Å². The highest BCUT2D eigenvalue weighted by atomic mass is 32.1. The summed E-state index contributed by atoms with van der Waals surface area (Å²) >= 11 is 1.32. The summed E-state index contributed by atoms with van der Waals surface area (Å²) in [6, 6.07) is 4.99. The van der Waals surface area contributed by atoms with E-state index in [4.69, 9.17) is 0 Å². The highest BCUT2D eigenvalue weighted by Gasteiger charge is 2.18. The molecule has 2 aromatic heterocycles. The Morgan fingerprint density at radius 1 is 1.27 bits per heavy atom. The van der Waals surface area contributed by atoms with Gasteiger partial charge in [-0.05, 0) is 30.6 Å². The van der Waals surface area contributed by atoms with Crippen LogP contribution in [-0.4, -0.2) is 48.9 Å². The molecule has 0 saturated heterocycles. The molecule has 22 heavy (non-hydrogen) atoms. The Hall–Kier alpha value is -2.25. The minimum Gasteiger partial charge on any atom is -0.340 e. The summed E-state index contributed by atoms with van der Waals surface area (Å²) in [6.45, 7) is 1.32. The van der Waals surface area contributed by atoms with Crippen molar-refractivity contribution in [1.82, 2.24) is 15.2 Å². The second-order valence-corrected chi connectivity index (χ2v) is 5.60. The molecule has 2 aromatic rings. The lowest BCUT2D eigenvalue weighted by molar-refractivity contribution is 0.0802. The molecule has 0 bridgehead atoms. The number of rotatable bonds is 6. The lowest BCUT2D eigenvalue weighted by Crippen LogP contribution is -2.32. The third-order valence-electron chi connectivity index (χ3n) is 3.09. The molecule has 0 atom stereocenters. The van der Waals surface area contributed by atoms with Crippen molar-refractivity contribution in [2.24, 2.45) is 0 Å². The van der Waals surface area contributed by atoms with Gasteiger partial charge < -0.3 is 15.5 Å². The van der Waals surface area contributed by atoms with Crippen LogP contribution in [0, 0.1) is 0 Å². The van der Waals surface area contributed by atoms with Gasteiger partial charge in [0.05, 0.1) is 5.69 Å². The van der Waals surface area contributed by atoms with Crippen molar-refractivity contribution < 1.29 is 9.59 Å². The van der Waals surface area contributed by atoms with Gasteiger partial charge in [0.25, 0.3) is 11.8 Å². The molecule has 2 amide bonds. The van der Waals surface area contributed by atoms with Gasteiger partial charge in [0.2, 0.25) is 0 Å². The summed E-state index contributed by atoms with van der Waals surface area (Å²) in [5.41, 5.74) is 1.04. The summed E-state index contributed by atoms with van der Waals surface area (Å²) in [6.07, 6.45) is 3.11. The zero-order valence-electron chi connectivity index (χ0n) is 12.5. The molecule has 0 aromatic carbocycles. The average Bonchev–Trinajstić information content (AvgIpc) is 3.00. The first-order valence-electron chi connectivity index (χ1n) is 6.82. The van der Waals surface area contributed by atoms with E-state index in [1.165, 1.54) is 11.3 Å². The van der Waals surface area contributed by atoms with Crippen molar-refractivity contribution in [2.75, 3.05) is 32.5 Å². The third kappa shape index (κ3) is 3.90. The van der Waals surface area contributed by atoms with Crippen molar-refractivity contribution in [3.8, 4) is 0 Å². The largest absolute Gasteiger partial charge is 0.340 e. The fourth-order valence-electron chi connectivity index (χ4n) is 1.83. The van der Waals surface area contributed by atoms with Crippen molar-refractivity contribution in [3.05, 3.63) is 46.4 Å². The first-order chi connectivity index (χ1) is 10.6. The lowest BCUT2D eigenvalue weighted by Gasteiger charge is -2.17. The van der Waals surface area contributed by atoms with Crippen LogP contribution >= 0.6 is 11.3 Å². The first-order valence-corrected chi connectivity index (χ1v) is 7.70. The SMILES string of the molecule is CNCCN(C)C(=O)c1sccc1NC(=O)c1ccncc1. The van der Waals surface area contributed by atoms with Crippen molar-refractivity contribution in [2.45, 2.75) is 0 Å². The smallest absolute Gasteiger partial charge is 0.265 e. The molecule has 0 radical (unpaired) electrons. The molecule has 0 fully saturated rings. The summed E-state index contributed by atoms with van der Waals surface area (Å²) in [5, 5.41) is 7.57. The molecule has 0 aliphatic heterocycles. The zero-order chi connectivity index (χ0) is 15.9. The Kier molecular flexibility index (Phi) is 5.62. The van der Waals surface area contributed by atoms with E-state index in [-0.39, 0.29) is 11.8 Å². The van der Waals surface area contributed by atoms with Crippen LogP contribution in [0.1, 0.15) is 20.0 Å². The summed E-state index contributed by atoms with van der Waals surface area (Å²) in [7, 11) is 3.58. The summed E-state index contributed by atoms with van der Waals surface area (Å²) < 4.78 is 0. The molecule has 0 aliphatic rings. The van der Waals surface area contributed by atoms with Gasteiger partial charge in [-0.2, -0.15) is 0 Å². The average molecular weight is 318 g/mol. The quantitative estimate of drug-likeness (QED) is 0.850. The third-order valence-corrected chi connectivity index (χ3v) is 4.00. The highest BCUT2D eigenvalue weighted by molar-refractivity contribution is 7.12. The summed E-state index contributed by atoms with van der Waals surface area (Å²) in [4.78, 5) is 30.6. The number of likely N-dealkylation sites (N-methyl/N-ethyl adjacent to an activating group) is 2. The molecule has 0 spiro atoms. The zero-order valence-corrected chi connectivity index (χ0v) is 13.3. The predicted octanol–water partition coefficient (Wildman–Crippen LogP) is 1.69. The number of hydrogen-bond acceptors (Lipinski definition) is 5. The van der Waals surface area contributed by atoms with Crippen molar-refractivity contribution in [1.29, 1.82) is 0 Å². The number of nitrogens with zero attached hydrogens (tertiary/aromatic N) is 2. The molecule has 2 heterocycles. The number of amides is 2. The molecular formula is C15H18N4O2S. The molecule has 116 valence electrons. The standard InChI is InChI=1S/C15H18N4O2S/c1-16-8-9-19(2)15(21)13-12(5-10-22-13)18-14(20)11-3-6-17-7-4-11/h3-7,10,16H,8-9H2,1-2H3,(H,18,20). The highest BCUT2D eigenvalue weighted by Crippen LogP contribution is 2.24. The van der Waals surface area contributed by atoms with Gasteiger partial charge in [0.15, 0.2) is 0 Å². The maximum Gasteiger partial charge on any atom is 0.265 e. The minimum absolute atomic E-state index is 0.102. The summed E-state index contributed by atoms with van der Waals surface area (Å²) in [5.74, 6) is -0.358. The van der Waals surface area contributed by atoms with Crippen LogP contribution in [0.3, 0.4) is 0 Å². The number of anilines is 1. The van der Waals surface area contributed by atoms with Crippen LogP contribution in [0.25, 0.3) is 0 Å². The van der Waals surface area contributed by atoms with E-state index in [2.05, 4.69) is 15.6 Å². The molecule has 7 heteroatoms. The Morgan fingerprint density at radius 3 is 2.68 bits per heavy atom. The van der Waals surface area contributed by atoms with E-state index in [0.717, 1.165) is 0 Å². The maximum absolute atomic E-state index is 12.4. The molecule has 0 unspecified atom stereocenters. The molecule has 6 nitrogen and oxygen atoms in total. The van der Waals surface area contributed by atoms with Gasteiger partial charge in [-0.1, -0.05) is 0 Å². The van der Waals surface area contributed by atoms with Gasteiger partial charge in [-0.15, -0.1) is 11.3 Å². The predicted molar refractivity (Wildman–Crippen MR) is 87.4 cm³/mol. The number of thiophene rings is 1. The maximum atomic E-state index is 12.4. The molecule has 0 saturated carbocycles. The van der Waals surface area contributed by atoms with Gasteiger partial charge in [-0.25, -0.2) is 0 Å². The lowest BCUT2D eigenvalue weighted by atomic mass is 10.2. The first kappa shape index (κ1) is 16.1. The van der Waals surface area contributed by atoms with E-state index in [1.54, 1.807) is 47.9 Å². The number of nitrogens with one attached hydrogen (secondary N) is 2. The van der Waals surface area contributed by atoms with Crippen molar-refractivity contribution in [3.63, 3.8) is 0 Å². The fourth-order valence-corrected chi connectivity index (χ4v) is 2.67. The van der Waals surface area contributed by atoms with E-state index >= 15 is 0 Å². The minimum atomic E-state index is -0.257. The number of pyridine rings is 1. The van der Waals surface area contributed by atoms with Crippen molar-refractivity contribution >= 4 is 28.8 Å². The number of aromatic nitrogens is 1. The molecule has 2 N–H and O–H groups in total. The van der Waals surface area contributed by atoms with Crippen LogP contribution in [0.4, 0.5) is 5.69 Å². The Morgan fingerprint density at radius 2 is 2.00 bits per heavy atom. The number of carbonyl (C=O) groups excluding carboxylic acids is 2. The fraction of sp³-hybridized carbons (Fsp3) is 0.267. The van der Waals surface area contributed by atoms with E-state index in [9.17, 15) is 9.59 Å². The molecule has 0 aliphatic carbocycles. The van der Waals surface area contributed by atoms with Gasteiger partial charge in [0, 0.05) is 38.1 Å². The van der Waals surface area contributed by atoms with Crippen LogP contribution < -0.4 is 10.6 Å². The normalized spacial score (nSPS) is 10.3.